The van der Waals surface area contributed by atoms with Crippen LogP contribution in [0, 0.1) is 0 Å². The van der Waals surface area contributed by atoms with Crippen LogP contribution in [-0.2, 0) is 19.1 Å². The van der Waals surface area contributed by atoms with E-state index in [2.05, 4.69) is 4.74 Å². The van der Waals surface area contributed by atoms with Crippen LogP contribution in [0.5, 0.6) is 0 Å². The molecular formula is C18H33NO5S. The summed E-state index contributed by atoms with van der Waals surface area (Å²) in [6.07, 6.45) is 6.42. The Morgan fingerprint density at radius 3 is 2.84 bits per heavy atom. The third kappa shape index (κ3) is 9.47. The molecular weight excluding hydrogens is 342 g/mol. The number of carbonyl (C=O) groups excluding carboxylic acids is 2. The number of thioether (sulfide) groups is 1. The van der Waals surface area contributed by atoms with Crippen molar-refractivity contribution in [2.24, 2.45) is 0 Å². The van der Waals surface area contributed by atoms with E-state index < -0.39 is 6.10 Å². The Labute approximate surface area is 155 Å². The van der Waals surface area contributed by atoms with Crippen molar-refractivity contribution in [3.8, 4) is 0 Å². The number of nitrogens with zero attached hydrogens (tertiary/aromatic N) is 1. The molecule has 25 heavy (non-hydrogen) atoms. The molecule has 1 rings (SSSR count). The minimum absolute atomic E-state index is 0.149. The van der Waals surface area contributed by atoms with Crippen LogP contribution in [0.3, 0.4) is 0 Å². The Bertz CT molecular complexity index is 394. The molecule has 1 N–H and O–H groups in total. The molecule has 1 amide bonds. The number of carbonyl (C=O) groups is 2. The molecule has 0 radical (unpaired) electrons. The van der Waals surface area contributed by atoms with Crippen LogP contribution in [0.4, 0.5) is 0 Å². The number of aliphatic hydroxyl groups excluding tert-OH is 1. The van der Waals surface area contributed by atoms with Gasteiger partial charge in [0.15, 0.2) is 0 Å². The summed E-state index contributed by atoms with van der Waals surface area (Å²) in [7, 11) is 1.41. The highest BCUT2D eigenvalue weighted by Crippen LogP contribution is 2.29. The van der Waals surface area contributed by atoms with Crippen LogP contribution in [0.1, 0.15) is 58.3 Å². The summed E-state index contributed by atoms with van der Waals surface area (Å²) < 4.78 is 9.97. The van der Waals surface area contributed by atoms with Crippen LogP contribution >= 0.6 is 11.8 Å². The molecule has 1 fully saturated rings. The first kappa shape index (κ1) is 22.3. The van der Waals surface area contributed by atoms with E-state index in [1.807, 2.05) is 11.8 Å². The average molecular weight is 376 g/mol. The summed E-state index contributed by atoms with van der Waals surface area (Å²) in [6.45, 7) is 3.63. The number of methoxy groups -OCH3 is 1. The molecule has 0 bridgehead atoms. The molecule has 0 spiro atoms. The Balaban J connectivity index is 2.18. The third-order valence-electron chi connectivity index (χ3n) is 4.24. The van der Waals surface area contributed by atoms with Crippen LogP contribution in [0.25, 0.3) is 0 Å². The highest BCUT2D eigenvalue weighted by atomic mass is 32.2. The zero-order valence-corrected chi connectivity index (χ0v) is 16.4. The van der Waals surface area contributed by atoms with Crippen molar-refractivity contribution in [1.29, 1.82) is 0 Å². The first-order chi connectivity index (χ1) is 12.1. The topological polar surface area (TPSA) is 76.1 Å². The Kier molecular flexibility index (Phi) is 11.9. The lowest BCUT2D eigenvalue weighted by atomic mass is 10.1. The maximum atomic E-state index is 12.0. The predicted molar refractivity (Wildman–Crippen MR) is 99.4 cm³/mol. The quantitative estimate of drug-likeness (QED) is 0.371. The fourth-order valence-corrected chi connectivity index (χ4v) is 4.02. The second-order valence-electron chi connectivity index (χ2n) is 6.40. The van der Waals surface area contributed by atoms with Crippen molar-refractivity contribution in [3.63, 3.8) is 0 Å². The summed E-state index contributed by atoms with van der Waals surface area (Å²) >= 11 is 1.69. The summed E-state index contributed by atoms with van der Waals surface area (Å²) in [4.78, 5) is 25.0. The summed E-state index contributed by atoms with van der Waals surface area (Å²) in [5.41, 5.74) is 0. The smallest absolute Gasteiger partial charge is 0.305 e. The fourth-order valence-electron chi connectivity index (χ4n) is 2.79. The molecule has 0 aromatic heterocycles. The Hall–Kier alpha value is -0.790. The fraction of sp³-hybridized carbons (Fsp3) is 0.889. The van der Waals surface area contributed by atoms with E-state index in [4.69, 9.17) is 4.74 Å². The number of hydrogen-bond donors (Lipinski definition) is 1. The van der Waals surface area contributed by atoms with E-state index >= 15 is 0 Å². The van der Waals surface area contributed by atoms with Crippen molar-refractivity contribution in [2.45, 2.75) is 69.8 Å². The van der Waals surface area contributed by atoms with Gasteiger partial charge in [-0.25, -0.2) is 0 Å². The van der Waals surface area contributed by atoms with Gasteiger partial charge in [-0.1, -0.05) is 26.2 Å². The maximum absolute atomic E-state index is 12.0. The number of ether oxygens (including phenoxy) is 2. The highest BCUT2D eigenvalue weighted by molar-refractivity contribution is 8.00. The van der Waals surface area contributed by atoms with Crippen LogP contribution in [0.15, 0.2) is 0 Å². The lowest BCUT2D eigenvalue weighted by Crippen LogP contribution is -2.35. The molecule has 1 heterocycles. The summed E-state index contributed by atoms with van der Waals surface area (Å²) in [5, 5.41) is 10.2. The van der Waals surface area contributed by atoms with Crippen molar-refractivity contribution in [2.75, 3.05) is 32.6 Å². The van der Waals surface area contributed by atoms with Crippen molar-refractivity contribution < 1.29 is 24.2 Å². The lowest BCUT2D eigenvalue weighted by molar-refractivity contribution is -0.140. The average Bonchev–Trinajstić information content (AvgIpc) is 2.96. The third-order valence-corrected chi connectivity index (χ3v) is 5.53. The Morgan fingerprint density at radius 1 is 1.36 bits per heavy atom. The first-order valence-corrected chi connectivity index (χ1v) is 10.4. The molecule has 0 aromatic rings. The van der Waals surface area contributed by atoms with Gasteiger partial charge < -0.3 is 19.5 Å². The van der Waals surface area contributed by atoms with Gasteiger partial charge in [-0.05, 0) is 25.7 Å². The zero-order chi connectivity index (χ0) is 18.5. The van der Waals surface area contributed by atoms with Crippen molar-refractivity contribution in [1.82, 2.24) is 4.90 Å². The highest BCUT2D eigenvalue weighted by Gasteiger charge is 2.31. The molecule has 1 aliphatic heterocycles. The molecule has 6 nitrogen and oxygen atoms in total. The molecule has 0 aliphatic carbocycles. The van der Waals surface area contributed by atoms with E-state index in [1.54, 1.807) is 11.8 Å². The molecule has 7 heteroatoms. The monoisotopic (exact) mass is 375 g/mol. The number of hydrogen-bond acceptors (Lipinski definition) is 6. The first-order valence-electron chi connectivity index (χ1n) is 9.32. The van der Waals surface area contributed by atoms with Gasteiger partial charge in [0.25, 0.3) is 0 Å². The predicted octanol–water partition coefficient (Wildman–Crippen LogP) is 2.58. The van der Waals surface area contributed by atoms with Crippen LogP contribution in [-0.4, -0.2) is 66.0 Å². The lowest BCUT2D eigenvalue weighted by Gasteiger charge is -2.25. The van der Waals surface area contributed by atoms with Gasteiger partial charge in [0.05, 0.1) is 30.9 Å². The van der Waals surface area contributed by atoms with Crippen molar-refractivity contribution in [3.05, 3.63) is 0 Å². The van der Waals surface area contributed by atoms with Gasteiger partial charge in [-0.3, -0.25) is 9.59 Å². The minimum atomic E-state index is -0.510. The summed E-state index contributed by atoms with van der Waals surface area (Å²) in [6, 6.07) is 0. The van der Waals surface area contributed by atoms with Crippen molar-refractivity contribution >= 4 is 23.6 Å². The molecule has 146 valence electrons. The van der Waals surface area contributed by atoms with E-state index in [0.29, 0.717) is 38.4 Å². The number of unbranched alkanes of at least 4 members (excludes halogenated alkanes) is 3. The van der Waals surface area contributed by atoms with Gasteiger partial charge in [0.1, 0.15) is 0 Å². The largest absolute Gasteiger partial charge is 0.469 e. The number of aliphatic hydroxyl groups is 1. The number of amides is 1. The Morgan fingerprint density at radius 2 is 2.12 bits per heavy atom. The minimum Gasteiger partial charge on any atom is -0.469 e. The van der Waals surface area contributed by atoms with E-state index in [0.717, 1.165) is 38.5 Å². The molecule has 2 atom stereocenters. The van der Waals surface area contributed by atoms with Crippen LogP contribution < -0.4 is 0 Å². The van der Waals surface area contributed by atoms with Gasteiger partial charge >= 0.3 is 5.97 Å². The molecule has 2 unspecified atom stereocenters. The molecule has 0 saturated carbocycles. The van der Waals surface area contributed by atoms with E-state index in [9.17, 15) is 14.7 Å². The van der Waals surface area contributed by atoms with Gasteiger partial charge in [-0.15, -0.1) is 11.8 Å². The molecule has 0 aromatic carbocycles. The second-order valence-corrected chi connectivity index (χ2v) is 7.57. The van der Waals surface area contributed by atoms with E-state index in [1.165, 1.54) is 7.11 Å². The maximum Gasteiger partial charge on any atom is 0.305 e. The van der Waals surface area contributed by atoms with Gasteiger partial charge in [-0.2, -0.15) is 0 Å². The molecule has 1 saturated heterocycles. The number of rotatable bonds is 14. The normalized spacial score (nSPS) is 18.6. The number of esters is 1. The SMILES string of the molecule is CCCOCC(O)CCN1C(=O)CSC1CCCCCCC(=O)OC. The zero-order valence-electron chi connectivity index (χ0n) is 15.6. The second kappa shape index (κ2) is 13.4. The molecule has 1 aliphatic rings. The van der Waals surface area contributed by atoms with Gasteiger partial charge in [0.2, 0.25) is 5.91 Å². The van der Waals surface area contributed by atoms with Gasteiger partial charge in [0, 0.05) is 19.6 Å². The summed E-state index contributed by atoms with van der Waals surface area (Å²) in [5.74, 6) is 0.557. The van der Waals surface area contributed by atoms with E-state index in [-0.39, 0.29) is 17.3 Å². The standard InChI is InChI=1S/C18H33NO5S/c1-3-12-24-13-15(20)10-11-19-16(21)14-25-17(19)8-6-4-5-7-9-18(22)23-2/h15,17,20H,3-14H2,1-2H3. The van der Waals surface area contributed by atoms with Crippen LogP contribution in [0.2, 0.25) is 0 Å².